The van der Waals surface area contributed by atoms with Crippen molar-refractivity contribution in [2.24, 2.45) is 0 Å². The van der Waals surface area contributed by atoms with Gasteiger partial charge < -0.3 is 4.90 Å². The van der Waals surface area contributed by atoms with Gasteiger partial charge in [0.1, 0.15) is 11.6 Å². The summed E-state index contributed by atoms with van der Waals surface area (Å²) >= 11 is 0. The van der Waals surface area contributed by atoms with Crippen LogP contribution in [0, 0.1) is 12.1 Å². The van der Waals surface area contributed by atoms with E-state index in [0.29, 0.717) is 0 Å². The van der Waals surface area contributed by atoms with Gasteiger partial charge in [-0.1, -0.05) is 72.8 Å². The molecule has 0 amide bonds. The number of benzene rings is 4. The number of nitrogens with zero attached hydrogens (tertiary/aromatic N) is 3. The molecule has 0 N–H and O–H groups in total. The fourth-order valence-electron chi connectivity index (χ4n) is 5.31. The van der Waals surface area contributed by atoms with Crippen LogP contribution in [0.5, 0.6) is 0 Å². The molecule has 0 saturated carbocycles. The Morgan fingerprint density at radius 1 is 0.487 bits per heavy atom. The minimum absolute atomic E-state index is 0. The fraction of sp³-hybridized carbons (Fsp3) is 0.0286. The van der Waals surface area contributed by atoms with E-state index in [0.717, 1.165) is 34.2 Å². The topological polar surface area (TPSA) is 29.0 Å². The number of hydrogen-bond donors (Lipinski definition) is 0. The van der Waals surface area contributed by atoms with Gasteiger partial charge >= 0.3 is 21.1 Å². The molecule has 4 heteroatoms. The van der Waals surface area contributed by atoms with Crippen LogP contribution in [0.1, 0.15) is 17.2 Å². The molecule has 39 heavy (non-hydrogen) atoms. The minimum Gasteiger partial charge on any atom is -0.300 e. The first-order valence-corrected chi connectivity index (χ1v) is 12.7. The molecular formula is C35H23N3Pt. The zero-order chi connectivity index (χ0) is 25.3. The second-order valence-electron chi connectivity index (χ2n) is 9.26. The third-order valence-electron chi connectivity index (χ3n) is 6.99. The molecular weight excluding hydrogens is 657 g/mol. The molecule has 7 rings (SSSR count). The molecule has 1 aliphatic rings. The van der Waals surface area contributed by atoms with Gasteiger partial charge in [-0.15, -0.1) is 71.8 Å². The Balaban J connectivity index is 0.00000277. The number of aromatic nitrogens is 2. The van der Waals surface area contributed by atoms with Crippen LogP contribution in [-0.2, 0) is 21.1 Å². The van der Waals surface area contributed by atoms with Crippen LogP contribution in [0.15, 0.2) is 133 Å². The van der Waals surface area contributed by atoms with Gasteiger partial charge in [-0.3, -0.25) is 9.97 Å². The molecule has 3 nitrogen and oxygen atoms in total. The number of rotatable bonds is 5. The Hall–Kier alpha value is -4.33. The Labute approximate surface area is 243 Å². The smallest absolute Gasteiger partial charge is 0.300 e. The largest absolute Gasteiger partial charge is 2.00 e. The van der Waals surface area contributed by atoms with E-state index in [1.54, 1.807) is 0 Å². The van der Waals surface area contributed by atoms with Crippen molar-refractivity contribution in [2.75, 3.05) is 4.90 Å². The van der Waals surface area contributed by atoms with Crippen molar-refractivity contribution in [3.8, 4) is 33.6 Å². The molecule has 0 bridgehead atoms. The first-order chi connectivity index (χ1) is 18.9. The predicted molar refractivity (Wildman–Crippen MR) is 153 cm³/mol. The van der Waals surface area contributed by atoms with Crippen LogP contribution in [0.3, 0.4) is 0 Å². The van der Waals surface area contributed by atoms with Crippen molar-refractivity contribution in [3.63, 3.8) is 0 Å². The Bertz CT molecular complexity index is 1610. The molecule has 6 aromatic rings. The van der Waals surface area contributed by atoms with E-state index in [1.807, 2.05) is 60.7 Å². The van der Waals surface area contributed by atoms with Crippen molar-refractivity contribution >= 4 is 11.6 Å². The third kappa shape index (κ3) is 4.60. The van der Waals surface area contributed by atoms with Crippen molar-refractivity contribution < 1.29 is 21.1 Å². The standard InChI is InChI=1S/C35H23N3.Pt/c1-3-13-25(14-4-1)31-21-11-23-33(36-31)38(34-24-12-22-32(37-34)26-15-5-2-6-16-26)35-29-19-9-7-17-27(29)28-18-8-10-20-30(28)35;/h1-13,15,17-24,35H;/q-2;+2. The summed E-state index contributed by atoms with van der Waals surface area (Å²) in [7, 11) is 0. The maximum Gasteiger partial charge on any atom is 2.00 e. The van der Waals surface area contributed by atoms with Crippen LogP contribution >= 0.6 is 0 Å². The summed E-state index contributed by atoms with van der Waals surface area (Å²) in [5.74, 6) is 1.66. The molecule has 0 radical (unpaired) electrons. The monoisotopic (exact) mass is 680 g/mol. The molecule has 2 aromatic heterocycles. The third-order valence-corrected chi connectivity index (χ3v) is 6.99. The molecule has 2 heterocycles. The average Bonchev–Trinajstić information content (AvgIpc) is 3.33. The maximum absolute atomic E-state index is 5.16. The summed E-state index contributed by atoms with van der Waals surface area (Å²) in [5.41, 5.74) is 8.65. The van der Waals surface area contributed by atoms with Crippen molar-refractivity contribution in [3.05, 3.63) is 157 Å². The summed E-state index contributed by atoms with van der Waals surface area (Å²) in [6.07, 6.45) is 0. The van der Waals surface area contributed by atoms with E-state index >= 15 is 0 Å². The molecule has 188 valence electrons. The zero-order valence-electron chi connectivity index (χ0n) is 20.9. The fourth-order valence-corrected chi connectivity index (χ4v) is 5.31. The van der Waals surface area contributed by atoms with E-state index in [-0.39, 0.29) is 27.1 Å². The molecule has 4 aromatic carbocycles. The van der Waals surface area contributed by atoms with Crippen LogP contribution < -0.4 is 4.90 Å². The summed E-state index contributed by atoms with van der Waals surface area (Å²) in [5, 5.41) is 0. The Kier molecular flexibility index (Phi) is 6.92. The maximum atomic E-state index is 5.16. The minimum atomic E-state index is -0.0765. The molecule has 0 aliphatic heterocycles. The zero-order valence-corrected chi connectivity index (χ0v) is 23.2. The Morgan fingerprint density at radius 3 is 1.41 bits per heavy atom. The number of anilines is 2. The van der Waals surface area contributed by atoms with Crippen molar-refractivity contribution in [1.82, 2.24) is 9.97 Å². The van der Waals surface area contributed by atoms with E-state index < -0.39 is 0 Å². The summed E-state index contributed by atoms with van der Waals surface area (Å²) < 4.78 is 0. The Morgan fingerprint density at radius 2 is 0.949 bits per heavy atom. The molecule has 0 unspecified atom stereocenters. The van der Waals surface area contributed by atoms with Crippen LogP contribution in [0.25, 0.3) is 33.6 Å². The van der Waals surface area contributed by atoms with Crippen LogP contribution in [-0.4, -0.2) is 9.97 Å². The van der Waals surface area contributed by atoms with Gasteiger partial charge in [-0.2, -0.15) is 0 Å². The first kappa shape index (κ1) is 25.0. The van der Waals surface area contributed by atoms with Gasteiger partial charge in [0.25, 0.3) is 0 Å². The SMILES string of the molecule is [Pt+2].[c-]1ccccc1-c1cccc(N(c2cccc(-c3[c-]cccc3)n2)C2c3ccccc3-c3ccccc32)n1. The first-order valence-electron chi connectivity index (χ1n) is 12.7. The number of hydrogen-bond acceptors (Lipinski definition) is 3. The van der Waals surface area contributed by atoms with E-state index in [1.165, 1.54) is 22.3 Å². The van der Waals surface area contributed by atoms with Gasteiger partial charge in [0, 0.05) is 0 Å². The van der Waals surface area contributed by atoms with Crippen LogP contribution in [0.2, 0.25) is 0 Å². The molecule has 0 fully saturated rings. The van der Waals surface area contributed by atoms with Gasteiger partial charge in [0.2, 0.25) is 0 Å². The molecule has 1 aliphatic carbocycles. The quantitative estimate of drug-likeness (QED) is 0.172. The van der Waals surface area contributed by atoms with Crippen LogP contribution in [0.4, 0.5) is 11.6 Å². The summed E-state index contributed by atoms with van der Waals surface area (Å²) in [4.78, 5) is 12.6. The summed E-state index contributed by atoms with van der Waals surface area (Å²) in [6.45, 7) is 0. The van der Waals surface area contributed by atoms with Gasteiger partial charge in [-0.05, 0) is 45.8 Å². The number of pyridine rings is 2. The van der Waals surface area contributed by atoms with E-state index in [9.17, 15) is 0 Å². The van der Waals surface area contributed by atoms with Crippen molar-refractivity contribution in [1.29, 1.82) is 0 Å². The van der Waals surface area contributed by atoms with Gasteiger partial charge in [0.15, 0.2) is 0 Å². The predicted octanol–water partition coefficient (Wildman–Crippen LogP) is 8.32. The van der Waals surface area contributed by atoms with E-state index in [2.05, 4.69) is 89.8 Å². The van der Waals surface area contributed by atoms with Crippen molar-refractivity contribution in [2.45, 2.75) is 6.04 Å². The normalized spacial score (nSPS) is 11.8. The number of fused-ring (bicyclic) bond motifs is 3. The average molecular weight is 681 g/mol. The summed E-state index contributed by atoms with van der Waals surface area (Å²) in [6, 6.07) is 52.1. The molecule has 0 saturated heterocycles. The second kappa shape index (κ2) is 10.8. The van der Waals surface area contributed by atoms with Gasteiger partial charge in [0.05, 0.1) is 6.04 Å². The molecule has 0 spiro atoms. The second-order valence-corrected chi connectivity index (χ2v) is 9.26. The molecule has 0 atom stereocenters. The van der Waals surface area contributed by atoms with Gasteiger partial charge in [-0.25, -0.2) is 0 Å². The van der Waals surface area contributed by atoms with E-state index in [4.69, 9.17) is 9.97 Å².